The van der Waals surface area contributed by atoms with Crippen LogP contribution in [0.2, 0.25) is 0 Å². The number of hydrogen-bond donors (Lipinski definition) is 1. The summed E-state index contributed by atoms with van der Waals surface area (Å²) in [6.07, 6.45) is 2.20. The lowest BCUT2D eigenvalue weighted by atomic mass is 9.96. The zero-order valence-electron chi connectivity index (χ0n) is 14.3. The first kappa shape index (κ1) is 18.0. The van der Waals surface area contributed by atoms with Crippen LogP contribution in [0, 0.1) is 11.8 Å². The van der Waals surface area contributed by atoms with Crippen molar-refractivity contribution in [1.29, 1.82) is 0 Å². The van der Waals surface area contributed by atoms with Crippen LogP contribution in [0.25, 0.3) is 0 Å². The van der Waals surface area contributed by atoms with E-state index >= 15 is 0 Å². The summed E-state index contributed by atoms with van der Waals surface area (Å²) in [4.78, 5) is 2.42. The minimum Gasteiger partial charge on any atom is -0.496 e. The fraction of sp³-hybridized carbons (Fsp3) is 0.667. The number of para-hydroxylation sites is 1. The van der Waals surface area contributed by atoms with Crippen LogP contribution >= 0.6 is 0 Å². The highest BCUT2D eigenvalue weighted by molar-refractivity contribution is 5.33. The third-order valence-electron chi connectivity index (χ3n) is 4.14. The van der Waals surface area contributed by atoms with Gasteiger partial charge in [-0.05, 0) is 56.8 Å². The molecule has 2 unspecified atom stereocenters. The van der Waals surface area contributed by atoms with Crippen molar-refractivity contribution < 1.29 is 4.74 Å². The zero-order valence-corrected chi connectivity index (χ0v) is 14.3. The third kappa shape index (κ3) is 6.06. The van der Waals surface area contributed by atoms with E-state index in [1.807, 2.05) is 12.1 Å². The maximum Gasteiger partial charge on any atom is 0.122 e. The van der Waals surface area contributed by atoms with Crippen molar-refractivity contribution in [2.75, 3.05) is 27.2 Å². The predicted octanol–water partition coefficient (Wildman–Crippen LogP) is 3.18. The van der Waals surface area contributed by atoms with Gasteiger partial charge >= 0.3 is 0 Å². The van der Waals surface area contributed by atoms with Gasteiger partial charge < -0.3 is 15.4 Å². The summed E-state index contributed by atoms with van der Waals surface area (Å²) in [6, 6.07) is 8.75. The van der Waals surface area contributed by atoms with E-state index in [2.05, 4.69) is 44.9 Å². The second-order valence-electron chi connectivity index (χ2n) is 6.54. The Balaban J connectivity index is 2.59. The van der Waals surface area contributed by atoms with Gasteiger partial charge in [0, 0.05) is 12.6 Å². The largest absolute Gasteiger partial charge is 0.496 e. The lowest BCUT2D eigenvalue weighted by Gasteiger charge is -2.29. The molecule has 21 heavy (non-hydrogen) atoms. The van der Waals surface area contributed by atoms with E-state index in [9.17, 15) is 0 Å². The summed E-state index contributed by atoms with van der Waals surface area (Å²) in [5, 5.41) is 0. The molecule has 0 bridgehead atoms. The Bertz CT molecular complexity index is 406. The van der Waals surface area contributed by atoms with Crippen LogP contribution in [0.3, 0.4) is 0 Å². The van der Waals surface area contributed by atoms with Crippen LogP contribution in [-0.2, 0) is 6.42 Å². The van der Waals surface area contributed by atoms with E-state index in [4.69, 9.17) is 10.5 Å². The molecule has 0 amide bonds. The highest BCUT2D eigenvalue weighted by Gasteiger charge is 2.17. The molecule has 0 radical (unpaired) electrons. The Kier molecular flexibility index (Phi) is 7.76. The van der Waals surface area contributed by atoms with E-state index in [1.165, 1.54) is 12.0 Å². The molecular formula is C18H32N2O. The van der Waals surface area contributed by atoms with Gasteiger partial charge in [-0.25, -0.2) is 0 Å². The molecular weight excluding hydrogens is 260 g/mol. The summed E-state index contributed by atoms with van der Waals surface area (Å²) in [7, 11) is 3.93. The molecule has 0 saturated carbocycles. The second kappa shape index (κ2) is 9.06. The number of ether oxygens (including phenoxy) is 1. The van der Waals surface area contributed by atoms with Crippen molar-refractivity contribution in [2.24, 2.45) is 17.6 Å². The number of benzene rings is 1. The first-order valence-corrected chi connectivity index (χ1v) is 8.00. The fourth-order valence-corrected chi connectivity index (χ4v) is 2.84. The van der Waals surface area contributed by atoms with Gasteiger partial charge in [0.05, 0.1) is 7.11 Å². The highest BCUT2D eigenvalue weighted by Crippen LogP contribution is 2.21. The van der Waals surface area contributed by atoms with Gasteiger partial charge in [-0.1, -0.05) is 32.0 Å². The van der Waals surface area contributed by atoms with Crippen LogP contribution in [-0.4, -0.2) is 38.2 Å². The Morgan fingerprint density at radius 2 is 1.86 bits per heavy atom. The standard InChI is InChI=1S/C18H32N2O/c1-14(2)10-16(12-19)13-20(4)15(3)11-17-8-6-7-9-18(17)21-5/h6-9,14-16H,10-13,19H2,1-5H3. The molecule has 2 atom stereocenters. The molecule has 2 N–H and O–H groups in total. The van der Waals surface area contributed by atoms with Crippen molar-refractivity contribution >= 4 is 0 Å². The topological polar surface area (TPSA) is 38.5 Å². The summed E-state index contributed by atoms with van der Waals surface area (Å²) < 4.78 is 5.44. The number of nitrogens with two attached hydrogens (primary N) is 1. The van der Waals surface area contributed by atoms with Gasteiger partial charge in [0.25, 0.3) is 0 Å². The van der Waals surface area contributed by atoms with Gasteiger partial charge in [-0.3, -0.25) is 0 Å². The van der Waals surface area contributed by atoms with E-state index < -0.39 is 0 Å². The van der Waals surface area contributed by atoms with Gasteiger partial charge in [-0.15, -0.1) is 0 Å². The fourth-order valence-electron chi connectivity index (χ4n) is 2.84. The third-order valence-corrected chi connectivity index (χ3v) is 4.14. The molecule has 0 saturated heterocycles. The molecule has 0 aliphatic carbocycles. The molecule has 120 valence electrons. The molecule has 0 aromatic heterocycles. The lowest BCUT2D eigenvalue weighted by Crippen LogP contribution is -2.37. The van der Waals surface area contributed by atoms with E-state index in [0.29, 0.717) is 17.9 Å². The van der Waals surface area contributed by atoms with Crippen LogP contribution in [0.15, 0.2) is 24.3 Å². The van der Waals surface area contributed by atoms with Gasteiger partial charge in [0.2, 0.25) is 0 Å². The van der Waals surface area contributed by atoms with Crippen LogP contribution < -0.4 is 10.5 Å². The van der Waals surface area contributed by atoms with Crippen LogP contribution in [0.4, 0.5) is 0 Å². The molecule has 0 aliphatic rings. The van der Waals surface area contributed by atoms with Crippen molar-refractivity contribution in [2.45, 2.75) is 39.7 Å². The number of likely N-dealkylation sites (N-methyl/N-ethyl adjacent to an activating group) is 1. The highest BCUT2D eigenvalue weighted by atomic mass is 16.5. The number of hydrogen-bond acceptors (Lipinski definition) is 3. The molecule has 1 rings (SSSR count). The normalized spacial score (nSPS) is 14.5. The first-order valence-electron chi connectivity index (χ1n) is 8.00. The quantitative estimate of drug-likeness (QED) is 0.760. The van der Waals surface area contributed by atoms with E-state index in [1.54, 1.807) is 7.11 Å². The maximum atomic E-state index is 5.92. The van der Waals surface area contributed by atoms with Crippen LogP contribution in [0.1, 0.15) is 32.8 Å². The number of methoxy groups -OCH3 is 1. The molecule has 0 heterocycles. The van der Waals surface area contributed by atoms with Gasteiger partial charge in [0.15, 0.2) is 0 Å². The molecule has 3 nitrogen and oxygen atoms in total. The van der Waals surface area contributed by atoms with E-state index in [0.717, 1.165) is 25.3 Å². The summed E-state index contributed by atoms with van der Waals surface area (Å²) in [6.45, 7) is 8.63. The SMILES string of the molecule is COc1ccccc1CC(C)N(C)CC(CN)CC(C)C. The smallest absolute Gasteiger partial charge is 0.122 e. The Labute approximate surface area is 130 Å². The second-order valence-corrected chi connectivity index (χ2v) is 6.54. The Morgan fingerprint density at radius 3 is 2.43 bits per heavy atom. The molecule has 0 fully saturated rings. The molecule has 1 aromatic carbocycles. The lowest BCUT2D eigenvalue weighted by molar-refractivity contribution is 0.204. The average molecular weight is 292 g/mol. The predicted molar refractivity (Wildman–Crippen MR) is 90.8 cm³/mol. The minimum atomic E-state index is 0.475. The van der Waals surface area contributed by atoms with E-state index in [-0.39, 0.29) is 0 Å². The summed E-state index contributed by atoms with van der Waals surface area (Å²) in [5.74, 6) is 2.27. The molecule has 3 heteroatoms. The summed E-state index contributed by atoms with van der Waals surface area (Å²) in [5.41, 5.74) is 7.19. The number of nitrogens with zero attached hydrogens (tertiary/aromatic N) is 1. The maximum absolute atomic E-state index is 5.92. The molecule has 0 aliphatic heterocycles. The summed E-state index contributed by atoms with van der Waals surface area (Å²) >= 11 is 0. The monoisotopic (exact) mass is 292 g/mol. The number of rotatable bonds is 9. The van der Waals surface area contributed by atoms with Crippen molar-refractivity contribution in [1.82, 2.24) is 4.90 Å². The minimum absolute atomic E-state index is 0.475. The molecule has 0 spiro atoms. The Morgan fingerprint density at radius 1 is 1.19 bits per heavy atom. The molecule has 1 aromatic rings. The van der Waals surface area contributed by atoms with Crippen molar-refractivity contribution in [3.8, 4) is 5.75 Å². The first-order chi connectivity index (χ1) is 9.97. The van der Waals surface area contributed by atoms with Gasteiger partial charge in [-0.2, -0.15) is 0 Å². The zero-order chi connectivity index (χ0) is 15.8. The van der Waals surface area contributed by atoms with Crippen LogP contribution in [0.5, 0.6) is 5.75 Å². The van der Waals surface area contributed by atoms with Crippen molar-refractivity contribution in [3.05, 3.63) is 29.8 Å². The average Bonchev–Trinajstić information content (AvgIpc) is 2.46. The Hall–Kier alpha value is -1.06. The van der Waals surface area contributed by atoms with Gasteiger partial charge in [0.1, 0.15) is 5.75 Å². The van der Waals surface area contributed by atoms with Crippen molar-refractivity contribution in [3.63, 3.8) is 0 Å².